The lowest BCUT2D eigenvalue weighted by molar-refractivity contribution is -0.142. The molecule has 154 valence electrons. The molecule has 2 aliphatic rings. The maximum atomic E-state index is 12.5. The molecular weight excluding hydrogens is 356 g/mol. The number of ether oxygens (including phenoxy) is 2. The first-order chi connectivity index (χ1) is 13.6. The van der Waals surface area contributed by atoms with Gasteiger partial charge in [0.15, 0.2) is 5.96 Å². The van der Waals surface area contributed by atoms with Crippen molar-refractivity contribution in [2.45, 2.75) is 32.3 Å². The molecule has 28 heavy (non-hydrogen) atoms. The first kappa shape index (κ1) is 20.5. The van der Waals surface area contributed by atoms with Crippen molar-refractivity contribution < 1.29 is 14.3 Å². The number of aliphatic imine (C=N–C) groups is 1. The molecule has 1 aromatic carbocycles. The van der Waals surface area contributed by atoms with Gasteiger partial charge in [0.1, 0.15) is 11.9 Å². The third kappa shape index (κ3) is 4.95. The molecule has 0 radical (unpaired) electrons. The van der Waals surface area contributed by atoms with Gasteiger partial charge in [-0.05, 0) is 43.4 Å². The molecule has 0 spiro atoms. The normalized spacial score (nSPS) is 20.4. The lowest BCUT2D eigenvalue weighted by Crippen LogP contribution is -2.55. The van der Waals surface area contributed by atoms with Crippen molar-refractivity contribution in [3.63, 3.8) is 0 Å². The van der Waals surface area contributed by atoms with Crippen LogP contribution in [0.25, 0.3) is 0 Å². The summed E-state index contributed by atoms with van der Waals surface area (Å²) < 4.78 is 10.9. The molecule has 1 N–H and O–H groups in total. The van der Waals surface area contributed by atoms with Crippen LogP contribution in [-0.4, -0.2) is 81.3 Å². The van der Waals surface area contributed by atoms with Gasteiger partial charge in [0, 0.05) is 46.4 Å². The average molecular weight is 389 g/mol. The monoisotopic (exact) mass is 388 g/mol. The van der Waals surface area contributed by atoms with Gasteiger partial charge in [-0.2, -0.15) is 0 Å². The minimum Gasteiger partial charge on any atom is -0.496 e. The van der Waals surface area contributed by atoms with Crippen LogP contribution in [0.1, 0.15) is 24.0 Å². The molecule has 2 heterocycles. The second-order valence-electron chi connectivity index (χ2n) is 7.34. The number of benzene rings is 1. The van der Waals surface area contributed by atoms with Gasteiger partial charge in [-0.1, -0.05) is 12.1 Å². The van der Waals surface area contributed by atoms with E-state index in [2.05, 4.69) is 33.4 Å². The van der Waals surface area contributed by atoms with Gasteiger partial charge >= 0.3 is 0 Å². The topological polar surface area (TPSA) is 66.4 Å². The van der Waals surface area contributed by atoms with E-state index in [1.54, 1.807) is 14.2 Å². The largest absolute Gasteiger partial charge is 0.496 e. The minimum absolute atomic E-state index is 0.147. The number of hydrogen-bond acceptors (Lipinski definition) is 4. The molecule has 2 saturated heterocycles. The molecule has 1 amide bonds. The van der Waals surface area contributed by atoms with Gasteiger partial charge < -0.3 is 24.6 Å². The van der Waals surface area contributed by atoms with Gasteiger partial charge in [-0.15, -0.1) is 0 Å². The van der Waals surface area contributed by atoms with E-state index in [1.807, 2.05) is 11.8 Å². The highest BCUT2D eigenvalue weighted by molar-refractivity contribution is 5.82. The SMILES string of the molecule is CN=C(NCCc1ccc(C)c(OC)c1)N1CCN(C(=O)C2CCCO2)CC1. The molecule has 0 aliphatic carbocycles. The van der Waals surface area contributed by atoms with E-state index in [1.165, 1.54) is 5.56 Å². The fourth-order valence-electron chi connectivity index (χ4n) is 3.79. The Labute approximate surface area is 167 Å². The lowest BCUT2D eigenvalue weighted by Gasteiger charge is -2.37. The van der Waals surface area contributed by atoms with E-state index in [9.17, 15) is 4.79 Å². The summed E-state index contributed by atoms with van der Waals surface area (Å²) >= 11 is 0. The van der Waals surface area contributed by atoms with E-state index in [4.69, 9.17) is 9.47 Å². The van der Waals surface area contributed by atoms with Crippen LogP contribution >= 0.6 is 0 Å². The standard InChI is InChI=1S/C21H32N4O3/c1-16-6-7-17(15-19(16)27-3)8-9-23-21(22-2)25-12-10-24(11-13-25)20(26)18-5-4-14-28-18/h6-7,15,18H,4-5,8-14H2,1-3H3,(H,22,23). The van der Waals surface area contributed by atoms with Gasteiger partial charge in [-0.3, -0.25) is 9.79 Å². The second kappa shape index (κ2) is 9.78. The lowest BCUT2D eigenvalue weighted by atomic mass is 10.1. The third-order valence-corrected chi connectivity index (χ3v) is 5.48. The molecule has 1 atom stereocenters. The molecule has 7 nitrogen and oxygen atoms in total. The highest BCUT2D eigenvalue weighted by Gasteiger charge is 2.30. The van der Waals surface area contributed by atoms with E-state index in [0.29, 0.717) is 19.7 Å². The Morgan fingerprint density at radius 2 is 2.04 bits per heavy atom. The zero-order valence-electron chi connectivity index (χ0n) is 17.2. The van der Waals surface area contributed by atoms with Crippen LogP contribution in [0.5, 0.6) is 5.75 Å². The third-order valence-electron chi connectivity index (χ3n) is 5.48. The van der Waals surface area contributed by atoms with Gasteiger partial charge in [-0.25, -0.2) is 0 Å². The number of carbonyl (C=O) groups excluding carboxylic acids is 1. The summed E-state index contributed by atoms with van der Waals surface area (Å²) in [6.07, 6.45) is 2.51. The van der Waals surface area contributed by atoms with Crippen molar-refractivity contribution in [3.05, 3.63) is 29.3 Å². The Kier molecular flexibility index (Phi) is 7.14. The van der Waals surface area contributed by atoms with Crippen molar-refractivity contribution in [1.82, 2.24) is 15.1 Å². The number of methoxy groups -OCH3 is 1. The van der Waals surface area contributed by atoms with Crippen molar-refractivity contribution in [3.8, 4) is 5.75 Å². The number of guanidine groups is 1. The zero-order valence-corrected chi connectivity index (χ0v) is 17.2. The van der Waals surface area contributed by atoms with Crippen LogP contribution in [0.2, 0.25) is 0 Å². The minimum atomic E-state index is -0.226. The number of aryl methyl sites for hydroxylation is 1. The summed E-state index contributed by atoms with van der Waals surface area (Å²) in [4.78, 5) is 21.0. The van der Waals surface area contributed by atoms with Crippen molar-refractivity contribution in [2.24, 2.45) is 4.99 Å². The summed E-state index contributed by atoms with van der Waals surface area (Å²) in [5.74, 6) is 1.96. The van der Waals surface area contributed by atoms with Gasteiger partial charge in [0.2, 0.25) is 0 Å². The smallest absolute Gasteiger partial charge is 0.251 e. The maximum absolute atomic E-state index is 12.5. The Hall–Kier alpha value is -2.28. The fourth-order valence-corrected chi connectivity index (χ4v) is 3.79. The van der Waals surface area contributed by atoms with Gasteiger partial charge in [0.25, 0.3) is 5.91 Å². The molecule has 7 heteroatoms. The highest BCUT2D eigenvalue weighted by atomic mass is 16.5. The van der Waals surface area contributed by atoms with Crippen LogP contribution in [0.3, 0.4) is 0 Å². The quantitative estimate of drug-likeness (QED) is 0.611. The van der Waals surface area contributed by atoms with E-state index in [-0.39, 0.29) is 12.0 Å². The maximum Gasteiger partial charge on any atom is 0.251 e. The first-order valence-electron chi connectivity index (χ1n) is 10.1. The Morgan fingerprint density at radius 1 is 1.29 bits per heavy atom. The van der Waals surface area contributed by atoms with E-state index >= 15 is 0 Å². The summed E-state index contributed by atoms with van der Waals surface area (Å²) in [6.45, 7) is 6.57. The number of hydrogen-bond donors (Lipinski definition) is 1. The molecule has 0 saturated carbocycles. The van der Waals surface area contributed by atoms with Crippen LogP contribution in [0, 0.1) is 6.92 Å². The number of rotatable bonds is 5. The van der Waals surface area contributed by atoms with Crippen molar-refractivity contribution in [2.75, 3.05) is 53.5 Å². The van der Waals surface area contributed by atoms with Crippen molar-refractivity contribution in [1.29, 1.82) is 0 Å². The Balaban J connectivity index is 1.45. The van der Waals surface area contributed by atoms with E-state index < -0.39 is 0 Å². The fraction of sp³-hybridized carbons (Fsp3) is 0.619. The first-order valence-corrected chi connectivity index (χ1v) is 10.1. The van der Waals surface area contributed by atoms with Crippen molar-refractivity contribution >= 4 is 11.9 Å². The van der Waals surface area contributed by atoms with Gasteiger partial charge in [0.05, 0.1) is 7.11 Å². The highest BCUT2D eigenvalue weighted by Crippen LogP contribution is 2.19. The predicted octanol–water partition coefficient (Wildman–Crippen LogP) is 1.44. The van der Waals surface area contributed by atoms with Crippen LogP contribution < -0.4 is 10.1 Å². The number of nitrogens with zero attached hydrogens (tertiary/aromatic N) is 3. The number of carbonyl (C=O) groups is 1. The van der Waals surface area contributed by atoms with Crippen LogP contribution in [0.15, 0.2) is 23.2 Å². The number of piperazine rings is 1. The number of nitrogens with one attached hydrogen (secondary N) is 1. The molecule has 0 aromatic heterocycles. The second-order valence-corrected chi connectivity index (χ2v) is 7.34. The zero-order chi connectivity index (χ0) is 19.9. The molecule has 1 aromatic rings. The molecule has 2 aliphatic heterocycles. The Morgan fingerprint density at radius 3 is 2.68 bits per heavy atom. The van der Waals surface area contributed by atoms with Crippen LogP contribution in [-0.2, 0) is 16.0 Å². The average Bonchev–Trinajstić information content (AvgIpc) is 3.27. The predicted molar refractivity (Wildman–Crippen MR) is 110 cm³/mol. The summed E-state index contributed by atoms with van der Waals surface area (Å²) in [7, 11) is 3.51. The summed E-state index contributed by atoms with van der Waals surface area (Å²) in [6, 6.07) is 6.32. The van der Waals surface area contributed by atoms with E-state index in [0.717, 1.165) is 56.2 Å². The molecule has 1 unspecified atom stereocenters. The molecule has 0 bridgehead atoms. The molecule has 3 rings (SSSR count). The Bertz CT molecular complexity index is 693. The number of amides is 1. The molecule has 2 fully saturated rings. The van der Waals surface area contributed by atoms with Crippen LogP contribution in [0.4, 0.5) is 0 Å². The molecular formula is C21H32N4O3. The summed E-state index contributed by atoms with van der Waals surface area (Å²) in [5.41, 5.74) is 2.38. The summed E-state index contributed by atoms with van der Waals surface area (Å²) in [5, 5.41) is 3.45.